The number of nitrogens with zero attached hydrogens (tertiary/aromatic N) is 1. The molecule has 1 aromatic carbocycles. The summed E-state index contributed by atoms with van der Waals surface area (Å²) in [5, 5.41) is 0.805. The van der Waals surface area contributed by atoms with Crippen molar-refractivity contribution in [1.82, 2.24) is 9.88 Å². The third-order valence-corrected chi connectivity index (χ3v) is 2.95. The molecule has 1 N–H and O–H groups in total. The van der Waals surface area contributed by atoms with Crippen LogP contribution in [0.3, 0.4) is 0 Å². The molecule has 0 aliphatic heterocycles. The molecule has 1 amide bonds. The van der Waals surface area contributed by atoms with Crippen molar-refractivity contribution in [3.8, 4) is 0 Å². The van der Waals surface area contributed by atoms with E-state index >= 15 is 0 Å². The van der Waals surface area contributed by atoms with Crippen LogP contribution in [-0.2, 0) is 0 Å². The second-order valence-electron chi connectivity index (χ2n) is 4.62. The number of aromatic amines is 1. The number of rotatable bonds is 4. The highest BCUT2D eigenvalue weighted by molar-refractivity contribution is 5.98. The Bertz CT molecular complexity index is 604. The summed E-state index contributed by atoms with van der Waals surface area (Å²) in [5.41, 5.74) is 1.12. The van der Waals surface area contributed by atoms with Gasteiger partial charge < -0.3 is 9.88 Å². The lowest BCUT2D eigenvalue weighted by molar-refractivity contribution is -0.140. The van der Waals surface area contributed by atoms with E-state index in [9.17, 15) is 18.0 Å². The molecule has 2 aromatic rings. The van der Waals surface area contributed by atoms with Gasteiger partial charge in [-0.3, -0.25) is 4.79 Å². The maximum atomic E-state index is 12.5. The molecule has 6 heteroatoms. The van der Waals surface area contributed by atoms with Gasteiger partial charge in [-0.15, -0.1) is 0 Å². The molecule has 0 atom stereocenters. The summed E-state index contributed by atoms with van der Waals surface area (Å²) in [4.78, 5) is 16.0. The van der Waals surface area contributed by atoms with Crippen molar-refractivity contribution < 1.29 is 18.0 Å². The lowest BCUT2D eigenvalue weighted by Crippen LogP contribution is -2.39. The first-order valence-electron chi connectivity index (χ1n) is 6.34. The van der Waals surface area contributed by atoms with Crippen molar-refractivity contribution >= 4 is 16.8 Å². The number of alkyl halides is 3. The molecule has 1 aromatic heterocycles. The van der Waals surface area contributed by atoms with E-state index in [1.165, 1.54) is 0 Å². The molecule has 1 heterocycles. The highest BCUT2D eigenvalue weighted by atomic mass is 19.4. The average molecular weight is 284 g/mol. The third-order valence-electron chi connectivity index (χ3n) is 2.95. The topological polar surface area (TPSA) is 36.1 Å². The van der Waals surface area contributed by atoms with Crippen LogP contribution in [-0.4, -0.2) is 35.1 Å². The van der Waals surface area contributed by atoms with E-state index in [0.717, 1.165) is 15.8 Å². The van der Waals surface area contributed by atoms with E-state index in [0.29, 0.717) is 6.42 Å². The first kappa shape index (κ1) is 14.4. The van der Waals surface area contributed by atoms with Gasteiger partial charge in [0.1, 0.15) is 6.54 Å². The molecule has 2 rings (SSSR count). The second-order valence-corrected chi connectivity index (χ2v) is 4.62. The van der Waals surface area contributed by atoms with Crippen LogP contribution in [0.4, 0.5) is 13.2 Å². The molecule has 0 saturated carbocycles. The summed E-state index contributed by atoms with van der Waals surface area (Å²) in [7, 11) is 0. The fraction of sp³-hybridized carbons (Fsp3) is 0.357. The van der Waals surface area contributed by atoms with Crippen LogP contribution in [0.2, 0.25) is 0 Å². The third kappa shape index (κ3) is 3.31. The van der Waals surface area contributed by atoms with E-state index in [4.69, 9.17) is 0 Å². The molecule has 0 spiro atoms. The molecule has 0 radical (unpaired) electrons. The average Bonchev–Trinajstić information content (AvgIpc) is 2.83. The molecule has 0 saturated heterocycles. The summed E-state index contributed by atoms with van der Waals surface area (Å²) < 4.78 is 37.5. The molecular formula is C14H15F3N2O. The monoisotopic (exact) mass is 284 g/mol. The van der Waals surface area contributed by atoms with Gasteiger partial charge >= 0.3 is 6.18 Å². The van der Waals surface area contributed by atoms with Gasteiger partial charge in [-0.25, -0.2) is 0 Å². The summed E-state index contributed by atoms with van der Waals surface area (Å²) in [6.07, 6.45) is -2.18. The fourth-order valence-electron chi connectivity index (χ4n) is 2.11. The maximum absolute atomic E-state index is 12.5. The lowest BCUT2D eigenvalue weighted by atomic mass is 10.1. The van der Waals surface area contributed by atoms with Crippen LogP contribution in [0.1, 0.15) is 23.7 Å². The number of halogens is 3. The maximum Gasteiger partial charge on any atom is 0.406 e. The number of nitrogens with one attached hydrogen (secondary N) is 1. The van der Waals surface area contributed by atoms with E-state index < -0.39 is 18.6 Å². The number of carbonyl (C=O) groups excluding carboxylic acids is 1. The highest BCUT2D eigenvalue weighted by Crippen LogP contribution is 2.20. The van der Waals surface area contributed by atoms with Crippen LogP contribution in [0.15, 0.2) is 30.5 Å². The Morgan fingerprint density at radius 3 is 2.70 bits per heavy atom. The van der Waals surface area contributed by atoms with Crippen LogP contribution in [0.5, 0.6) is 0 Å². The van der Waals surface area contributed by atoms with Crippen molar-refractivity contribution in [2.75, 3.05) is 13.1 Å². The van der Waals surface area contributed by atoms with Crippen molar-refractivity contribution in [3.05, 3.63) is 36.0 Å². The van der Waals surface area contributed by atoms with E-state index in [-0.39, 0.29) is 12.1 Å². The van der Waals surface area contributed by atoms with Gasteiger partial charge in [0.15, 0.2) is 0 Å². The van der Waals surface area contributed by atoms with Crippen LogP contribution in [0, 0.1) is 0 Å². The zero-order valence-corrected chi connectivity index (χ0v) is 11.0. The van der Waals surface area contributed by atoms with Crippen LogP contribution < -0.4 is 0 Å². The Morgan fingerprint density at radius 1 is 1.30 bits per heavy atom. The van der Waals surface area contributed by atoms with Gasteiger partial charge in [0.2, 0.25) is 0 Å². The van der Waals surface area contributed by atoms with Crippen molar-refractivity contribution in [2.24, 2.45) is 0 Å². The largest absolute Gasteiger partial charge is 0.406 e. The van der Waals surface area contributed by atoms with Gasteiger partial charge in [0, 0.05) is 29.2 Å². The van der Waals surface area contributed by atoms with Gasteiger partial charge in [-0.1, -0.05) is 6.92 Å². The first-order chi connectivity index (χ1) is 9.40. The van der Waals surface area contributed by atoms with E-state index in [1.54, 1.807) is 37.4 Å². The molecule has 0 aliphatic rings. The SMILES string of the molecule is CCCN(CC(F)(F)F)C(=O)c1ccc2[nH]ccc2c1. The lowest BCUT2D eigenvalue weighted by Gasteiger charge is -2.23. The number of fused-ring (bicyclic) bond motifs is 1. The standard InChI is InChI=1S/C14H15F3N2O/c1-2-7-19(9-14(15,16)17)13(20)11-3-4-12-10(8-11)5-6-18-12/h3-6,8,18H,2,7,9H2,1H3. The minimum absolute atomic E-state index is 0.0868. The van der Waals surface area contributed by atoms with Crippen LogP contribution >= 0.6 is 0 Å². The predicted octanol–water partition coefficient (Wildman–Crippen LogP) is 3.58. The zero-order valence-electron chi connectivity index (χ0n) is 11.0. The summed E-state index contributed by atoms with van der Waals surface area (Å²) in [6, 6.07) is 6.62. The normalized spacial score (nSPS) is 11.8. The molecule has 20 heavy (non-hydrogen) atoms. The van der Waals surface area contributed by atoms with Crippen molar-refractivity contribution in [1.29, 1.82) is 0 Å². The minimum atomic E-state index is -4.39. The Labute approximate surface area is 114 Å². The minimum Gasteiger partial charge on any atom is -0.361 e. The molecule has 0 unspecified atom stereocenters. The van der Waals surface area contributed by atoms with Gasteiger partial charge in [-0.2, -0.15) is 13.2 Å². The van der Waals surface area contributed by atoms with E-state index in [2.05, 4.69) is 4.98 Å². The summed E-state index contributed by atoms with van der Waals surface area (Å²) in [5.74, 6) is -0.590. The fourth-order valence-corrected chi connectivity index (χ4v) is 2.11. The predicted molar refractivity (Wildman–Crippen MR) is 70.5 cm³/mol. The number of benzene rings is 1. The molecule has 3 nitrogen and oxygen atoms in total. The molecule has 0 aliphatic carbocycles. The summed E-state index contributed by atoms with van der Waals surface area (Å²) in [6.45, 7) is 0.611. The molecule has 0 fully saturated rings. The number of H-pyrrole nitrogens is 1. The van der Waals surface area contributed by atoms with E-state index in [1.807, 2.05) is 0 Å². The Balaban J connectivity index is 2.25. The van der Waals surface area contributed by atoms with Gasteiger partial charge in [0.05, 0.1) is 0 Å². The molecule has 0 bridgehead atoms. The Hall–Kier alpha value is -1.98. The Kier molecular flexibility index (Phi) is 4.01. The van der Waals surface area contributed by atoms with Crippen LogP contribution in [0.25, 0.3) is 10.9 Å². The highest BCUT2D eigenvalue weighted by Gasteiger charge is 2.33. The Morgan fingerprint density at radius 2 is 2.05 bits per heavy atom. The number of carbonyl (C=O) groups is 1. The van der Waals surface area contributed by atoms with Crippen molar-refractivity contribution in [3.63, 3.8) is 0 Å². The second kappa shape index (κ2) is 5.56. The smallest absolute Gasteiger partial charge is 0.361 e. The molecular weight excluding hydrogens is 269 g/mol. The number of aromatic nitrogens is 1. The van der Waals surface area contributed by atoms with Crippen molar-refractivity contribution in [2.45, 2.75) is 19.5 Å². The van der Waals surface area contributed by atoms with Gasteiger partial charge in [-0.05, 0) is 30.7 Å². The quantitative estimate of drug-likeness (QED) is 0.915. The zero-order chi connectivity index (χ0) is 14.8. The number of hydrogen-bond acceptors (Lipinski definition) is 1. The number of hydrogen-bond donors (Lipinski definition) is 1. The summed E-state index contributed by atoms with van der Waals surface area (Å²) >= 11 is 0. The molecule has 108 valence electrons. The van der Waals surface area contributed by atoms with Gasteiger partial charge in [0.25, 0.3) is 5.91 Å². The number of amides is 1. The first-order valence-corrected chi connectivity index (χ1v) is 6.34.